The van der Waals surface area contributed by atoms with Crippen molar-refractivity contribution in [3.63, 3.8) is 0 Å². The topological polar surface area (TPSA) is 146 Å². The molecule has 0 bridgehead atoms. The summed E-state index contributed by atoms with van der Waals surface area (Å²) >= 11 is 5.85. The van der Waals surface area contributed by atoms with Gasteiger partial charge in [0.15, 0.2) is 0 Å². The van der Waals surface area contributed by atoms with Crippen molar-refractivity contribution in [2.24, 2.45) is 5.10 Å². The Kier molecular flexibility index (Phi) is 6.67. The molecule has 10 nitrogen and oxygen atoms in total. The number of benzene rings is 2. The van der Waals surface area contributed by atoms with Crippen LogP contribution in [-0.4, -0.2) is 34.7 Å². The van der Waals surface area contributed by atoms with E-state index < -0.39 is 16.9 Å². The van der Waals surface area contributed by atoms with Crippen molar-refractivity contribution in [2.45, 2.75) is 0 Å². The summed E-state index contributed by atoms with van der Waals surface area (Å²) in [7, 11) is 0. The monoisotopic (exact) mass is 391 g/mol. The number of carbonyl (C=O) groups is 2. The van der Waals surface area contributed by atoms with Crippen LogP contribution in [0.5, 0.6) is 5.75 Å². The molecular weight excluding hydrogens is 378 g/mol. The molecule has 2 aromatic carbocycles. The first-order valence-electron chi connectivity index (χ1n) is 7.45. The molecule has 0 unspecified atom stereocenters. The number of nitrogens with one attached hydrogen (secondary N) is 3. The van der Waals surface area contributed by atoms with Crippen LogP contribution in [0, 0.1) is 10.1 Å². The van der Waals surface area contributed by atoms with Gasteiger partial charge in [0.05, 0.1) is 21.8 Å². The number of hydrazone groups is 1. The highest BCUT2D eigenvalue weighted by molar-refractivity contribution is 6.33. The number of hydrogen-bond donors (Lipinski definition) is 4. The molecule has 0 aliphatic carbocycles. The lowest BCUT2D eigenvalue weighted by Crippen LogP contribution is -2.37. The lowest BCUT2D eigenvalue weighted by molar-refractivity contribution is -0.384. The average Bonchev–Trinajstić information content (AvgIpc) is 2.63. The number of non-ortho nitro benzene ring substituents is 1. The van der Waals surface area contributed by atoms with Crippen LogP contribution in [0.15, 0.2) is 47.6 Å². The fourth-order valence-corrected chi connectivity index (χ4v) is 2.08. The molecule has 4 N–H and O–H groups in total. The normalized spacial score (nSPS) is 10.4. The summed E-state index contributed by atoms with van der Waals surface area (Å²) in [6, 6.07) is 9.23. The van der Waals surface area contributed by atoms with Gasteiger partial charge in [0.25, 0.3) is 11.6 Å². The zero-order valence-corrected chi connectivity index (χ0v) is 14.4. The quantitative estimate of drug-likeness (QED) is 0.339. The summed E-state index contributed by atoms with van der Waals surface area (Å²) in [5.74, 6) is -0.598. The number of phenols is 1. The maximum Gasteiger partial charge on any atom is 0.319 e. The molecule has 27 heavy (non-hydrogen) atoms. The Morgan fingerprint density at radius 3 is 2.67 bits per heavy atom. The van der Waals surface area contributed by atoms with Gasteiger partial charge in [0.2, 0.25) is 0 Å². The van der Waals surface area contributed by atoms with Gasteiger partial charge in [0.1, 0.15) is 12.3 Å². The van der Waals surface area contributed by atoms with Crippen molar-refractivity contribution in [1.29, 1.82) is 0 Å². The number of nitrogens with zero attached hydrogens (tertiary/aromatic N) is 2. The van der Waals surface area contributed by atoms with Gasteiger partial charge < -0.3 is 15.7 Å². The molecular formula is C16H14ClN5O5. The molecule has 140 valence electrons. The maximum atomic E-state index is 11.8. The first-order chi connectivity index (χ1) is 12.9. The molecule has 2 aromatic rings. The third kappa shape index (κ3) is 5.97. The molecule has 0 atom stereocenters. The summed E-state index contributed by atoms with van der Waals surface area (Å²) in [5.41, 5.74) is 2.53. The first kappa shape index (κ1) is 19.7. The lowest BCUT2D eigenvalue weighted by atomic mass is 10.2. The van der Waals surface area contributed by atoms with E-state index in [4.69, 9.17) is 11.6 Å². The zero-order valence-electron chi connectivity index (χ0n) is 13.7. The van der Waals surface area contributed by atoms with E-state index in [9.17, 15) is 24.8 Å². The van der Waals surface area contributed by atoms with Gasteiger partial charge in [-0.3, -0.25) is 14.9 Å². The highest BCUT2D eigenvalue weighted by Crippen LogP contribution is 2.26. The number of para-hydroxylation sites is 1. The molecule has 2 rings (SSSR count). The van der Waals surface area contributed by atoms with Crippen LogP contribution in [0.1, 0.15) is 5.56 Å². The van der Waals surface area contributed by atoms with Crippen molar-refractivity contribution in [1.82, 2.24) is 10.7 Å². The summed E-state index contributed by atoms with van der Waals surface area (Å²) in [4.78, 5) is 33.4. The molecule has 0 saturated carbocycles. The highest BCUT2D eigenvalue weighted by Gasteiger charge is 2.12. The zero-order chi connectivity index (χ0) is 19.8. The van der Waals surface area contributed by atoms with Crippen molar-refractivity contribution in [2.75, 3.05) is 11.9 Å². The molecule has 0 aliphatic heterocycles. The number of urea groups is 1. The van der Waals surface area contributed by atoms with Gasteiger partial charge in [0, 0.05) is 17.7 Å². The Morgan fingerprint density at radius 1 is 1.26 bits per heavy atom. The summed E-state index contributed by atoms with van der Waals surface area (Å²) in [6.45, 7) is -0.380. The van der Waals surface area contributed by atoms with E-state index in [-0.39, 0.29) is 28.7 Å². The average molecular weight is 392 g/mol. The standard InChI is InChI=1S/C16H14ClN5O5/c17-12-7-11(22(26)27)5-6-13(12)20-16(25)18-9-15(24)21-19-8-10-3-1-2-4-14(10)23/h1-8,23H,9H2,(H,21,24)(H2,18,20,25). The molecule has 0 radical (unpaired) electrons. The Hall–Kier alpha value is -3.66. The maximum absolute atomic E-state index is 11.8. The number of rotatable bonds is 6. The number of phenolic OH excluding ortho intramolecular Hbond substituents is 1. The summed E-state index contributed by atoms with van der Waals surface area (Å²) in [5, 5.41) is 28.5. The Bertz CT molecular complexity index is 903. The van der Waals surface area contributed by atoms with Crippen molar-refractivity contribution in [3.05, 3.63) is 63.2 Å². The number of nitro groups is 1. The Morgan fingerprint density at radius 2 is 2.00 bits per heavy atom. The van der Waals surface area contributed by atoms with Gasteiger partial charge in [-0.1, -0.05) is 23.7 Å². The van der Waals surface area contributed by atoms with Crippen molar-refractivity contribution >= 4 is 41.1 Å². The molecule has 0 aromatic heterocycles. The lowest BCUT2D eigenvalue weighted by Gasteiger charge is -2.08. The van der Waals surface area contributed by atoms with Crippen LogP contribution >= 0.6 is 11.6 Å². The number of amides is 3. The van der Waals surface area contributed by atoms with E-state index in [1.807, 2.05) is 0 Å². The van der Waals surface area contributed by atoms with Gasteiger partial charge >= 0.3 is 6.03 Å². The molecule has 0 aliphatic rings. The van der Waals surface area contributed by atoms with E-state index in [0.717, 1.165) is 6.07 Å². The van der Waals surface area contributed by atoms with Crippen LogP contribution in [-0.2, 0) is 4.79 Å². The highest BCUT2D eigenvalue weighted by atomic mass is 35.5. The van der Waals surface area contributed by atoms with Crippen LogP contribution in [0.3, 0.4) is 0 Å². The van der Waals surface area contributed by atoms with Crippen LogP contribution < -0.4 is 16.1 Å². The van der Waals surface area contributed by atoms with Crippen molar-refractivity contribution < 1.29 is 19.6 Å². The SMILES string of the molecule is O=C(CNC(=O)Nc1ccc([N+](=O)[O-])cc1Cl)NN=Cc1ccccc1O. The Labute approximate surface area is 158 Å². The summed E-state index contributed by atoms with van der Waals surface area (Å²) in [6.07, 6.45) is 1.25. The minimum Gasteiger partial charge on any atom is -0.507 e. The second kappa shape index (κ2) is 9.15. The third-order valence-corrected chi connectivity index (χ3v) is 3.46. The van der Waals surface area contributed by atoms with Crippen LogP contribution in [0.4, 0.5) is 16.2 Å². The molecule has 0 heterocycles. The van der Waals surface area contributed by atoms with Gasteiger partial charge in [-0.25, -0.2) is 10.2 Å². The van der Waals surface area contributed by atoms with E-state index in [1.165, 1.54) is 24.4 Å². The minimum absolute atomic E-state index is 0.00739. The second-order valence-electron chi connectivity index (χ2n) is 5.08. The second-order valence-corrected chi connectivity index (χ2v) is 5.49. The van der Waals surface area contributed by atoms with E-state index in [1.54, 1.807) is 18.2 Å². The third-order valence-electron chi connectivity index (χ3n) is 3.15. The fraction of sp³-hybridized carbons (Fsp3) is 0.0625. The van der Waals surface area contributed by atoms with Crippen LogP contribution in [0.2, 0.25) is 5.02 Å². The number of carbonyl (C=O) groups excluding carboxylic acids is 2. The van der Waals surface area contributed by atoms with Gasteiger partial charge in [-0.2, -0.15) is 5.10 Å². The predicted molar refractivity (Wildman–Crippen MR) is 99.0 cm³/mol. The minimum atomic E-state index is -0.731. The molecule has 0 fully saturated rings. The number of anilines is 1. The Balaban J connectivity index is 1.80. The number of aromatic hydroxyl groups is 1. The van der Waals surface area contributed by atoms with E-state index in [2.05, 4.69) is 21.2 Å². The smallest absolute Gasteiger partial charge is 0.319 e. The molecule has 0 saturated heterocycles. The van der Waals surface area contributed by atoms with E-state index >= 15 is 0 Å². The number of nitro benzene ring substituents is 1. The predicted octanol–water partition coefficient (Wildman–Crippen LogP) is 2.23. The largest absolute Gasteiger partial charge is 0.507 e. The number of halogens is 1. The number of hydrogen-bond acceptors (Lipinski definition) is 6. The van der Waals surface area contributed by atoms with Crippen LogP contribution in [0.25, 0.3) is 0 Å². The van der Waals surface area contributed by atoms with Gasteiger partial charge in [-0.05, 0) is 18.2 Å². The fourth-order valence-electron chi connectivity index (χ4n) is 1.86. The molecule has 0 spiro atoms. The molecule has 3 amide bonds. The first-order valence-corrected chi connectivity index (χ1v) is 7.83. The summed E-state index contributed by atoms with van der Waals surface area (Å²) < 4.78 is 0. The van der Waals surface area contributed by atoms with Gasteiger partial charge in [-0.15, -0.1) is 0 Å². The molecule has 11 heteroatoms. The van der Waals surface area contributed by atoms with E-state index in [0.29, 0.717) is 5.56 Å². The van der Waals surface area contributed by atoms with Crippen molar-refractivity contribution in [3.8, 4) is 5.75 Å².